The van der Waals surface area contributed by atoms with Crippen molar-refractivity contribution in [2.24, 2.45) is 0 Å². The van der Waals surface area contributed by atoms with E-state index in [4.69, 9.17) is 0 Å². The molecule has 2 aromatic carbocycles. The van der Waals surface area contributed by atoms with Gasteiger partial charge < -0.3 is 10.0 Å². The number of fused-ring (bicyclic) bond motifs is 4. The van der Waals surface area contributed by atoms with Crippen molar-refractivity contribution >= 4 is 22.6 Å². The highest BCUT2D eigenvalue weighted by molar-refractivity contribution is 5.92. The highest BCUT2D eigenvalue weighted by Gasteiger charge is 2.28. The van der Waals surface area contributed by atoms with Gasteiger partial charge in [-0.15, -0.1) is 5.10 Å². The maximum Gasteiger partial charge on any atom is 0.358 e. The maximum absolute atomic E-state index is 14.4. The summed E-state index contributed by atoms with van der Waals surface area (Å²) in [4.78, 5) is 20.8. The Bertz CT molecular complexity index is 1510. The number of hydrogen-bond acceptors (Lipinski definition) is 6. The van der Waals surface area contributed by atoms with Gasteiger partial charge in [0.25, 0.3) is 0 Å². The van der Waals surface area contributed by atoms with E-state index in [0.717, 1.165) is 61.5 Å². The number of benzene rings is 2. The van der Waals surface area contributed by atoms with Crippen LogP contribution < -0.4 is 4.90 Å². The molecular formula is C28H29FN6O2. The number of piperazine rings is 1. The number of nitrogens with zero attached hydrogens (tertiary/aromatic N) is 6. The molecule has 2 aromatic heterocycles. The molecule has 1 N–H and O–H groups in total. The third-order valence-electron chi connectivity index (χ3n) is 7.72. The molecule has 0 radical (unpaired) electrons. The Morgan fingerprint density at radius 3 is 2.81 bits per heavy atom. The number of carboxylic acids is 1. The van der Waals surface area contributed by atoms with Crippen LogP contribution in [-0.4, -0.2) is 68.2 Å². The van der Waals surface area contributed by atoms with Gasteiger partial charge in [0.2, 0.25) is 0 Å². The van der Waals surface area contributed by atoms with Gasteiger partial charge in [-0.1, -0.05) is 17.3 Å². The van der Waals surface area contributed by atoms with E-state index in [1.165, 1.54) is 17.2 Å². The summed E-state index contributed by atoms with van der Waals surface area (Å²) in [5.41, 5.74) is 6.61. The predicted molar refractivity (Wildman–Crippen MR) is 139 cm³/mol. The standard InChI is InChI=1S/C28H29FN6O2/c1-17-6-7-22-23(30-17)14-20(29)15-26(22)34-13-12-33(18(2)16-34)11-10-19-4-3-5-24-21(19)8-9-25-27(28(36)37)31-32-35(24)25/h3-7,14-15,18H,8-13,16H2,1-2H3,(H,36,37)/t18-/m1/s1. The minimum Gasteiger partial charge on any atom is -0.476 e. The van der Waals surface area contributed by atoms with Crippen LogP contribution in [0, 0.1) is 12.7 Å². The lowest BCUT2D eigenvalue weighted by atomic mass is 9.94. The first kappa shape index (κ1) is 23.5. The summed E-state index contributed by atoms with van der Waals surface area (Å²) in [6, 6.07) is 13.6. The Labute approximate surface area is 214 Å². The Morgan fingerprint density at radius 2 is 2.00 bits per heavy atom. The van der Waals surface area contributed by atoms with Crippen molar-refractivity contribution < 1.29 is 14.3 Å². The van der Waals surface area contributed by atoms with Crippen LogP contribution >= 0.6 is 0 Å². The van der Waals surface area contributed by atoms with Gasteiger partial charge in [0.15, 0.2) is 5.69 Å². The lowest BCUT2D eigenvalue weighted by molar-refractivity contribution is 0.0689. The van der Waals surface area contributed by atoms with E-state index in [-0.39, 0.29) is 11.5 Å². The van der Waals surface area contributed by atoms with Crippen molar-refractivity contribution in [2.75, 3.05) is 31.1 Å². The lowest BCUT2D eigenvalue weighted by Crippen LogP contribution is -2.52. The second-order valence-electron chi connectivity index (χ2n) is 10.0. The van der Waals surface area contributed by atoms with E-state index in [2.05, 4.69) is 38.1 Å². The van der Waals surface area contributed by atoms with E-state index >= 15 is 0 Å². The molecule has 0 bridgehead atoms. The summed E-state index contributed by atoms with van der Waals surface area (Å²) < 4.78 is 16.1. The first-order valence-electron chi connectivity index (χ1n) is 12.7. The Hall–Kier alpha value is -3.85. The monoisotopic (exact) mass is 500 g/mol. The van der Waals surface area contributed by atoms with Crippen LogP contribution in [0.2, 0.25) is 0 Å². The first-order valence-corrected chi connectivity index (χ1v) is 12.7. The number of rotatable bonds is 5. The summed E-state index contributed by atoms with van der Waals surface area (Å²) in [5, 5.41) is 18.4. The molecule has 4 aromatic rings. The zero-order valence-corrected chi connectivity index (χ0v) is 21.0. The minimum atomic E-state index is -1.04. The van der Waals surface area contributed by atoms with Gasteiger partial charge in [-0.2, -0.15) is 0 Å². The van der Waals surface area contributed by atoms with Gasteiger partial charge in [-0.3, -0.25) is 9.88 Å². The smallest absolute Gasteiger partial charge is 0.358 e. The Kier molecular flexibility index (Phi) is 5.87. The molecule has 37 heavy (non-hydrogen) atoms. The molecule has 2 aliphatic rings. The average molecular weight is 501 g/mol. The van der Waals surface area contributed by atoms with Crippen molar-refractivity contribution in [2.45, 2.75) is 39.2 Å². The number of aryl methyl sites for hydroxylation is 1. The molecule has 4 heterocycles. The number of aromatic carboxylic acids is 1. The molecular weight excluding hydrogens is 471 g/mol. The van der Waals surface area contributed by atoms with Crippen LogP contribution in [0.5, 0.6) is 0 Å². The average Bonchev–Trinajstić information content (AvgIpc) is 3.32. The third kappa shape index (κ3) is 4.23. The highest BCUT2D eigenvalue weighted by atomic mass is 19.1. The summed E-state index contributed by atoms with van der Waals surface area (Å²) in [6.07, 6.45) is 2.29. The SMILES string of the molecule is Cc1ccc2c(N3CCN(CCc4cccc5c4CCc4c(C(=O)O)nnn4-5)[C@H](C)C3)cc(F)cc2n1. The molecule has 8 nitrogen and oxygen atoms in total. The number of carbonyl (C=O) groups is 1. The lowest BCUT2D eigenvalue weighted by Gasteiger charge is -2.41. The van der Waals surface area contributed by atoms with Crippen molar-refractivity contribution in [1.82, 2.24) is 24.9 Å². The fourth-order valence-electron chi connectivity index (χ4n) is 5.83. The van der Waals surface area contributed by atoms with Gasteiger partial charge in [0.1, 0.15) is 5.82 Å². The molecule has 0 spiro atoms. The molecule has 190 valence electrons. The number of pyridine rings is 1. The second kappa shape index (κ2) is 9.23. The summed E-state index contributed by atoms with van der Waals surface area (Å²) in [5.74, 6) is -1.29. The van der Waals surface area contributed by atoms with E-state index in [1.807, 2.05) is 31.2 Å². The molecule has 0 saturated carbocycles. The number of hydrogen-bond donors (Lipinski definition) is 1. The maximum atomic E-state index is 14.4. The van der Waals surface area contributed by atoms with E-state index in [9.17, 15) is 14.3 Å². The summed E-state index contributed by atoms with van der Waals surface area (Å²) in [7, 11) is 0. The van der Waals surface area contributed by atoms with Gasteiger partial charge in [0, 0.05) is 55.1 Å². The Morgan fingerprint density at radius 1 is 1.14 bits per heavy atom. The molecule has 0 amide bonds. The first-order chi connectivity index (χ1) is 17.9. The number of halogens is 1. The summed E-state index contributed by atoms with van der Waals surface area (Å²) in [6.45, 7) is 7.60. The van der Waals surface area contributed by atoms with Gasteiger partial charge in [-0.05, 0) is 68.5 Å². The van der Waals surface area contributed by atoms with Crippen molar-refractivity contribution in [3.63, 3.8) is 0 Å². The fraction of sp³-hybridized carbons (Fsp3) is 0.357. The van der Waals surface area contributed by atoms with Crippen LogP contribution in [0.25, 0.3) is 16.6 Å². The van der Waals surface area contributed by atoms with Crippen molar-refractivity contribution in [3.8, 4) is 5.69 Å². The van der Waals surface area contributed by atoms with Crippen molar-refractivity contribution in [1.29, 1.82) is 0 Å². The zero-order chi connectivity index (χ0) is 25.7. The van der Waals surface area contributed by atoms with E-state index in [1.54, 1.807) is 10.7 Å². The Balaban J connectivity index is 1.17. The quantitative estimate of drug-likeness (QED) is 0.446. The molecule has 0 unspecified atom stereocenters. The van der Waals surface area contributed by atoms with E-state index < -0.39 is 5.97 Å². The normalized spacial score (nSPS) is 17.6. The van der Waals surface area contributed by atoms with Gasteiger partial charge >= 0.3 is 5.97 Å². The van der Waals surface area contributed by atoms with Crippen LogP contribution in [0.1, 0.15) is 39.9 Å². The molecule has 9 heteroatoms. The molecule has 1 saturated heterocycles. The van der Waals surface area contributed by atoms with Gasteiger partial charge in [0.05, 0.1) is 16.9 Å². The molecule has 6 rings (SSSR count). The van der Waals surface area contributed by atoms with E-state index in [0.29, 0.717) is 23.7 Å². The molecule has 1 fully saturated rings. The third-order valence-corrected chi connectivity index (χ3v) is 7.72. The number of anilines is 1. The van der Waals surface area contributed by atoms with Crippen molar-refractivity contribution in [3.05, 3.63) is 76.5 Å². The fourth-order valence-corrected chi connectivity index (χ4v) is 5.83. The highest BCUT2D eigenvalue weighted by Crippen LogP contribution is 2.31. The molecule has 1 atom stereocenters. The number of carboxylic acid groups (broad SMARTS) is 1. The van der Waals surface area contributed by atoms with Crippen LogP contribution in [-0.2, 0) is 19.3 Å². The minimum absolute atomic E-state index is 0.0414. The van der Waals surface area contributed by atoms with Crippen LogP contribution in [0.3, 0.4) is 0 Å². The second-order valence-corrected chi connectivity index (χ2v) is 10.0. The van der Waals surface area contributed by atoms with Gasteiger partial charge in [-0.25, -0.2) is 13.9 Å². The molecule has 0 aliphatic carbocycles. The molecule has 2 aliphatic heterocycles. The summed E-state index contributed by atoms with van der Waals surface area (Å²) >= 11 is 0. The van der Waals surface area contributed by atoms with Crippen LogP contribution in [0.4, 0.5) is 10.1 Å². The zero-order valence-electron chi connectivity index (χ0n) is 21.0. The topological polar surface area (TPSA) is 87.4 Å². The predicted octanol–water partition coefficient (Wildman–Crippen LogP) is 3.81. The number of aromatic nitrogens is 4. The van der Waals surface area contributed by atoms with Crippen LogP contribution in [0.15, 0.2) is 42.5 Å². The largest absolute Gasteiger partial charge is 0.476 e.